The molecule has 0 atom stereocenters. The lowest BCUT2D eigenvalue weighted by Gasteiger charge is -2.08. The molecule has 0 spiro atoms. The van der Waals surface area contributed by atoms with E-state index in [0.29, 0.717) is 18.7 Å². The van der Waals surface area contributed by atoms with Crippen LogP contribution in [0.25, 0.3) is 22.2 Å². The standard InChI is InChI=1S/C23H21N3O2/c27-23(24-15-14-22-25-20-8-4-5-9-21(20)26-22)16-28-19-12-10-18(11-13-19)17-6-2-1-3-7-17/h1-13H,14-16H2,(H,24,27)(H,25,26). The number of imidazole rings is 1. The summed E-state index contributed by atoms with van der Waals surface area (Å²) in [7, 11) is 0. The number of aromatic nitrogens is 2. The van der Waals surface area contributed by atoms with Gasteiger partial charge < -0.3 is 15.0 Å². The van der Waals surface area contributed by atoms with E-state index in [1.807, 2.05) is 66.7 Å². The van der Waals surface area contributed by atoms with Crippen LogP contribution in [0.5, 0.6) is 5.75 Å². The van der Waals surface area contributed by atoms with Crippen molar-refractivity contribution in [3.05, 3.63) is 84.7 Å². The summed E-state index contributed by atoms with van der Waals surface area (Å²) in [6.45, 7) is 0.500. The van der Waals surface area contributed by atoms with Crippen molar-refractivity contribution in [1.29, 1.82) is 0 Å². The van der Waals surface area contributed by atoms with Crippen molar-refractivity contribution in [3.63, 3.8) is 0 Å². The Bertz CT molecular complexity index is 1020. The molecule has 140 valence electrons. The molecule has 1 aromatic heterocycles. The average molecular weight is 371 g/mol. The first-order valence-electron chi connectivity index (χ1n) is 9.26. The van der Waals surface area contributed by atoms with E-state index >= 15 is 0 Å². The van der Waals surface area contributed by atoms with Gasteiger partial charge in [-0.2, -0.15) is 0 Å². The van der Waals surface area contributed by atoms with Crippen LogP contribution in [0.15, 0.2) is 78.9 Å². The number of carbonyl (C=O) groups excluding carboxylic acids is 1. The Balaban J connectivity index is 1.23. The first kappa shape index (κ1) is 17.8. The van der Waals surface area contributed by atoms with Crippen LogP contribution in [0.4, 0.5) is 0 Å². The third-order valence-electron chi connectivity index (χ3n) is 4.45. The highest BCUT2D eigenvalue weighted by molar-refractivity contribution is 5.77. The third kappa shape index (κ3) is 4.38. The number of fused-ring (bicyclic) bond motifs is 1. The van der Waals surface area contributed by atoms with Crippen LogP contribution < -0.4 is 10.1 Å². The minimum atomic E-state index is -0.150. The summed E-state index contributed by atoms with van der Waals surface area (Å²) in [4.78, 5) is 19.8. The number of amides is 1. The zero-order chi connectivity index (χ0) is 19.2. The predicted molar refractivity (Wildman–Crippen MR) is 110 cm³/mol. The van der Waals surface area contributed by atoms with Crippen LogP contribution in [-0.2, 0) is 11.2 Å². The Morgan fingerprint density at radius 2 is 1.61 bits per heavy atom. The second kappa shape index (κ2) is 8.39. The van der Waals surface area contributed by atoms with Gasteiger partial charge in [0.15, 0.2) is 6.61 Å². The molecule has 5 heteroatoms. The third-order valence-corrected chi connectivity index (χ3v) is 4.45. The number of rotatable bonds is 7. The lowest BCUT2D eigenvalue weighted by molar-refractivity contribution is -0.123. The van der Waals surface area contributed by atoms with E-state index in [0.717, 1.165) is 28.0 Å². The summed E-state index contributed by atoms with van der Waals surface area (Å²) in [6.07, 6.45) is 0.645. The van der Waals surface area contributed by atoms with E-state index in [1.54, 1.807) is 0 Å². The van der Waals surface area contributed by atoms with Crippen molar-refractivity contribution < 1.29 is 9.53 Å². The Morgan fingerprint density at radius 3 is 2.39 bits per heavy atom. The van der Waals surface area contributed by atoms with Gasteiger partial charge in [0.25, 0.3) is 5.91 Å². The molecule has 0 fully saturated rings. The SMILES string of the molecule is O=C(COc1ccc(-c2ccccc2)cc1)NCCc1nc2ccccc2[nH]1. The van der Waals surface area contributed by atoms with Gasteiger partial charge in [-0.3, -0.25) is 4.79 Å². The zero-order valence-electron chi connectivity index (χ0n) is 15.4. The predicted octanol–water partition coefficient (Wildman–Crippen LogP) is 3.97. The molecular weight excluding hydrogens is 350 g/mol. The highest BCUT2D eigenvalue weighted by atomic mass is 16.5. The number of hydrogen-bond donors (Lipinski definition) is 2. The lowest BCUT2D eigenvalue weighted by Crippen LogP contribution is -2.30. The fourth-order valence-electron chi connectivity index (χ4n) is 3.02. The number of benzene rings is 3. The normalized spacial score (nSPS) is 10.7. The summed E-state index contributed by atoms with van der Waals surface area (Å²) in [5, 5.41) is 2.86. The molecule has 4 rings (SSSR count). The summed E-state index contributed by atoms with van der Waals surface area (Å²) < 4.78 is 5.57. The van der Waals surface area contributed by atoms with E-state index in [4.69, 9.17) is 4.74 Å². The summed E-state index contributed by atoms with van der Waals surface area (Å²) in [6, 6.07) is 25.7. The number of aromatic amines is 1. The van der Waals surface area contributed by atoms with E-state index in [2.05, 4.69) is 27.4 Å². The number of nitrogens with zero attached hydrogens (tertiary/aromatic N) is 1. The molecule has 5 nitrogen and oxygen atoms in total. The lowest BCUT2D eigenvalue weighted by atomic mass is 10.1. The highest BCUT2D eigenvalue weighted by Crippen LogP contribution is 2.21. The van der Waals surface area contributed by atoms with Gasteiger partial charge in [-0.15, -0.1) is 0 Å². The van der Waals surface area contributed by atoms with Gasteiger partial charge in [0.2, 0.25) is 0 Å². The second-order valence-electron chi connectivity index (χ2n) is 6.48. The number of para-hydroxylation sites is 2. The van der Waals surface area contributed by atoms with E-state index in [1.165, 1.54) is 0 Å². The molecule has 0 radical (unpaired) electrons. The topological polar surface area (TPSA) is 67.0 Å². The van der Waals surface area contributed by atoms with Gasteiger partial charge in [0, 0.05) is 13.0 Å². The van der Waals surface area contributed by atoms with Crippen molar-refractivity contribution in [1.82, 2.24) is 15.3 Å². The monoisotopic (exact) mass is 371 g/mol. The molecule has 2 N–H and O–H groups in total. The van der Waals surface area contributed by atoms with Crippen LogP contribution in [-0.4, -0.2) is 29.0 Å². The maximum Gasteiger partial charge on any atom is 0.257 e. The van der Waals surface area contributed by atoms with Gasteiger partial charge in [-0.05, 0) is 35.4 Å². The van der Waals surface area contributed by atoms with Crippen LogP contribution in [0, 0.1) is 0 Å². The minimum Gasteiger partial charge on any atom is -0.484 e. The molecule has 0 unspecified atom stereocenters. The molecular formula is C23H21N3O2. The number of carbonyl (C=O) groups is 1. The quantitative estimate of drug-likeness (QED) is 0.517. The van der Waals surface area contributed by atoms with E-state index in [-0.39, 0.29) is 12.5 Å². The van der Waals surface area contributed by atoms with Crippen molar-refractivity contribution >= 4 is 16.9 Å². The molecule has 0 saturated carbocycles. The number of H-pyrrole nitrogens is 1. The molecule has 0 bridgehead atoms. The molecule has 28 heavy (non-hydrogen) atoms. The Kier molecular flexibility index (Phi) is 5.33. The van der Waals surface area contributed by atoms with Crippen molar-refractivity contribution in [3.8, 4) is 16.9 Å². The Hall–Kier alpha value is -3.60. The first-order valence-corrected chi connectivity index (χ1v) is 9.26. The van der Waals surface area contributed by atoms with Crippen LogP contribution in [0.1, 0.15) is 5.82 Å². The zero-order valence-corrected chi connectivity index (χ0v) is 15.4. The van der Waals surface area contributed by atoms with Gasteiger partial charge in [-0.25, -0.2) is 4.98 Å². The number of ether oxygens (including phenoxy) is 1. The summed E-state index contributed by atoms with van der Waals surface area (Å²) in [5.74, 6) is 1.38. The fourth-order valence-corrected chi connectivity index (χ4v) is 3.02. The molecule has 0 aliphatic rings. The first-order chi connectivity index (χ1) is 13.8. The van der Waals surface area contributed by atoms with Crippen molar-refractivity contribution in [2.24, 2.45) is 0 Å². The van der Waals surface area contributed by atoms with Crippen LogP contribution in [0.3, 0.4) is 0 Å². The smallest absolute Gasteiger partial charge is 0.257 e. The van der Waals surface area contributed by atoms with E-state index in [9.17, 15) is 4.79 Å². The molecule has 1 heterocycles. The number of hydrogen-bond acceptors (Lipinski definition) is 3. The molecule has 1 amide bonds. The van der Waals surface area contributed by atoms with Gasteiger partial charge in [0.05, 0.1) is 11.0 Å². The van der Waals surface area contributed by atoms with Crippen LogP contribution in [0.2, 0.25) is 0 Å². The van der Waals surface area contributed by atoms with Crippen molar-refractivity contribution in [2.45, 2.75) is 6.42 Å². The number of nitrogens with one attached hydrogen (secondary N) is 2. The molecule has 0 aliphatic heterocycles. The molecule has 4 aromatic rings. The minimum absolute atomic E-state index is 0.00911. The van der Waals surface area contributed by atoms with Gasteiger partial charge in [0.1, 0.15) is 11.6 Å². The molecule has 0 aliphatic carbocycles. The summed E-state index contributed by atoms with van der Waals surface area (Å²) >= 11 is 0. The van der Waals surface area contributed by atoms with Gasteiger partial charge >= 0.3 is 0 Å². The largest absolute Gasteiger partial charge is 0.484 e. The second-order valence-corrected chi connectivity index (χ2v) is 6.48. The van der Waals surface area contributed by atoms with Crippen molar-refractivity contribution in [2.75, 3.05) is 13.2 Å². The van der Waals surface area contributed by atoms with E-state index < -0.39 is 0 Å². The Morgan fingerprint density at radius 1 is 0.893 bits per heavy atom. The Labute approximate surface area is 163 Å². The van der Waals surface area contributed by atoms with Crippen LogP contribution >= 0.6 is 0 Å². The maximum absolute atomic E-state index is 12.0. The summed E-state index contributed by atoms with van der Waals surface area (Å²) in [5.41, 5.74) is 4.21. The highest BCUT2D eigenvalue weighted by Gasteiger charge is 2.05. The fraction of sp³-hybridized carbons (Fsp3) is 0.130. The average Bonchev–Trinajstić information content (AvgIpc) is 3.16. The van der Waals surface area contributed by atoms with Gasteiger partial charge in [-0.1, -0.05) is 54.6 Å². The maximum atomic E-state index is 12.0. The molecule has 0 saturated heterocycles. The molecule has 3 aromatic carbocycles.